The third-order valence-electron chi connectivity index (χ3n) is 7.36. The molecule has 0 atom stereocenters. The molecule has 0 amide bonds. The molecule has 0 N–H and O–H groups in total. The van der Waals surface area contributed by atoms with Crippen LogP contribution in [0.5, 0.6) is 5.75 Å². The van der Waals surface area contributed by atoms with Gasteiger partial charge in [0, 0.05) is 36.3 Å². The number of para-hydroxylation sites is 1. The van der Waals surface area contributed by atoms with Crippen LogP contribution >= 0.6 is 11.3 Å². The molecular formula is C33H20O2S. The molecule has 8 rings (SSSR count). The number of rotatable bonds is 2. The lowest BCUT2D eigenvalue weighted by Gasteiger charge is -2.13. The summed E-state index contributed by atoms with van der Waals surface area (Å²) in [6, 6.07) is 36.8. The first-order valence-electron chi connectivity index (χ1n) is 12.0. The molecule has 2 nitrogen and oxygen atoms in total. The zero-order chi connectivity index (χ0) is 23.8. The van der Waals surface area contributed by atoms with Crippen molar-refractivity contribution in [3.8, 4) is 16.9 Å². The van der Waals surface area contributed by atoms with Gasteiger partial charge in [-0.2, -0.15) is 0 Å². The number of hydrogen-bond acceptors (Lipinski definition) is 3. The van der Waals surface area contributed by atoms with Gasteiger partial charge in [0.05, 0.1) is 7.11 Å². The molecule has 0 aliphatic heterocycles. The van der Waals surface area contributed by atoms with Crippen LogP contribution in [-0.2, 0) is 0 Å². The highest BCUT2D eigenvalue weighted by Crippen LogP contribution is 2.45. The Hall–Kier alpha value is -4.34. The van der Waals surface area contributed by atoms with Gasteiger partial charge in [-0.05, 0) is 69.8 Å². The van der Waals surface area contributed by atoms with Crippen molar-refractivity contribution in [2.45, 2.75) is 0 Å². The van der Waals surface area contributed by atoms with Crippen molar-refractivity contribution >= 4 is 75.0 Å². The topological polar surface area (TPSA) is 22.4 Å². The number of ether oxygens (including phenoxy) is 1. The van der Waals surface area contributed by atoms with E-state index in [0.717, 1.165) is 27.7 Å². The Balaban J connectivity index is 1.58. The summed E-state index contributed by atoms with van der Waals surface area (Å²) in [7, 11) is 1.71. The lowest BCUT2D eigenvalue weighted by atomic mass is 9.91. The van der Waals surface area contributed by atoms with E-state index in [9.17, 15) is 0 Å². The van der Waals surface area contributed by atoms with Crippen LogP contribution in [0.15, 0.2) is 108 Å². The molecule has 2 aromatic heterocycles. The third-order valence-corrected chi connectivity index (χ3v) is 8.56. The van der Waals surface area contributed by atoms with Crippen LogP contribution in [0.3, 0.4) is 0 Å². The minimum atomic E-state index is 0.861. The Bertz CT molecular complexity index is 2130. The summed E-state index contributed by atoms with van der Waals surface area (Å²) < 4.78 is 14.3. The van der Waals surface area contributed by atoms with Crippen LogP contribution < -0.4 is 4.74 Å². The third kappa shape index (κ3) is 2.72. The maximum atomic E-state index is 6.27. The number of furan rings is 1. The average Bonchev–Trinajstić information content (AvgIpc) is 3.49. The van der Waals surface area contributed by atoms with Gasteiger partial charge in [-0.1, -0.05) is 60.7 Å². The van der Waals surface area contributed by atoms with Crippen LogP contribution in [-0.4, -0.2) is 7.11 Å². The standard InChI is InChI=1S/C33H20O2S/c1-34-21-12-10-19(11-13-21)26-16-20-17-30-28(22-6-2-4-8-29(22)35-30)18-27(20)32-24(26)14-15-25-23-7-3-5-9-31(23)36-33(25)32/h2-18H,1H3. The van der Waals surface area contributed by atoms with Gasteiger partial charge in [-0.3, -0.25) is 0 Å². The summed E-state index contributed by atoms with van der Waals surface area (Å²) in [6.07, 6.45) is 0. The molecule has 0 radical (unpaired) electrons. The Kier molecular flexibility index (Phi) is 4.05. The van der Waals surface area contributed by atoms with E-state index in [4.69, 9.17) is 9.15 Å². The van der Waals surface area contributed by atoms with Crippen LogP contribution in [0, 0.1) is 0 Å². The molecule has 2 heterocycles. The monoisotopic (exact) mass is 480 g/mol. The highest BCUT2D eigenvalue weighted by molar-refractivity contribution is 7.26. The second-order valence-corrected chi connectivity index (χ2v) is 10.3. The Morgan fingerprint density at radius 1 is 0.611 bits per heavy atom. The van der Waals surface area contributed by atoms with Gasteiger partial charge in [0.1, 0.15) is 16.9 Å². The molecular weight excluding hydrogens is 460 g/mol. The van der Waals surface area contributed by atoms with Crippen molar-refractivity contribution < 1.29 is 9.15 Å². The zero-order valence-electron chi connectivity index (χ0n) is 19.5. The first kappa shape index (κ1) is 19.9. The van der Waals surface area contributed by atoms with E-state index in [2.05, 4.69) is 78.9 Å². The normalized spacial score (nSPS) is 12.0. The fraction of sp³-hybridized carbons (Fsp3) is 0.0303. The van der Waals surface area contributed by atoms with Crippen LogP contribution in [0.25, 0.3) is 74.8 Å². The van der Waals surface area contributed by atoms with Crippen LogP contribution in [0.4, 0.5) is 0 Å². The molecule has 0 spiro atoms. The highest BCUT2D eigenvalue weighted by atomic mass is 32.1. The molecule has 6 aromatic carbocycles. The molecule has 36 heavy (non-hydrogen) atoms. The second kappa shape index (κ2) is 7.33. The van der Waals surface area contributed by atoms with Gasteiger partial charge in [0.25, 0.3) is 0 Å². The summed E-state index contributed by atoms with van der Waals surface area (Å²) in [5.41, 5.74) is 4.24. The van der Waals surface area contributed by atoms with E-state index in [0.29, 0.717) is 0 Å². The van der Waals surface area contributed by atoms with Crippen molar-refractivity contribution in [3.05, 3.63) is 103 Å². The van der Waals surface area contributed by atoms with E-state index in [1.807, 2.05) is 35.6 Å². The maximum absolute atomic E-state index is 6.27. The quantitative estimate of drug-likeness (QED) is 0.230. The van der Waals surface area contributed by atoms with Crippen molar-refractivity contribution in [2.24, 2.45) is 0 Å². The summed E-state index contributed by atoms with van der Waals surface area (Å²) in [5, 5.41) is 9.97. The number of benzene rings is 6. The predicted molar refractivity (Wildman–Crippen MR) is 154 cm³/mol. The molecule has 8 aromatic rings. The largest absolute Gasteiger partial charge is 0.497 e. The van der Waals surface area contributed by atoms with Crippen LogP contribution in [0.2, 0.25) is 0 Å². The lowest BCUT2D eigenvalue weighted by molar-refractivity contribution is 0.415. The minimum absolute atomic E-state index is 0.861. The molecule has 0 fully saturated rings. The number of thiophene rings is 1. The SMILES string of the molecule is COc1ccc(-c2cc3cc4oc5ccccc5c4cc3c3c2ccc2c4ccccc4sc23)cc1. The number of hydrogen-bond donors (Lipinski definition) is 0. The fourth-order valence-electron chi connectivity index (χ4n) is 5.65. The zero-order valence-corrected chi connectivity index (χ0v) is 20.4. The van der Waals surface area contributed by atoms with Crippen molar-refractivity contribution in [1.29, 1.82) is 0 Å². The van der Waals surface area contributed by atoms with E-state index in [1.54, 1.807) is 7.11 Å². The van der Waals surface area contributed by atoms with E-state index < -0.39 is 0 Å². The molecule has 0 aliphatic carbocycles. The summed E-state index contributed by atoms with van der Waals surface area (Å²) in [5.74, 6) is 0.861. The van der Waals surface area contributed by atoms with Gasteiger partial charge in [0.15, 0.2) is 0 Å². The average molecular weight is 481 g/mol. The Labute approximate surface area is 210 Å². The Morgan fingerprint density at radius 2 is 1.39 bits per heavy atom. The van der Waals surface area contributed by atoms with Gasteiger partial charge >= 0.3 is 0 Å². The molecule has 3 heteroatoms. The second-order valence-electron chi connectivity index (χ2n) is 9.28. The summed E-state index contributed by atoms with van der Waals surface area (Å²) in [6.45, 7) is 0. The van der Waals surface area contributed by atoms with Crippen molar-refractivity contribution in [2.75, 3.05) is 7.11 Å². The number of fused-ring (bicyclic) bond motifs is 10. The van der Waals surface area contributed by atoms with E-state index >= 15 is 0 Å². The summed E-state index contributed by atoms with van der Waals surface area (Å²) >= 11 is 1.88. The predicted octanol–water partition coefficient (Wildman–Crippen LogP) is 9.94. The molecule has 170 valence electrons. The first-order valence-corrected chi connectivity index (χ1v) is 12.9. The Morgan fingerprint density at radius 3 is 2.25 bits per heavy atom. The van der Waals surface area contributed by atoms with Crippen LogP contribution in [0.1, 0.15) is 0 Å². The van der Waals surface area contributed by atoms with Gasteiger partial charge in [-0.15, -0.1) is 11.3 Å². The molecule has 0 saturated carbocycles. The first-order chi connectivity index (χ1) is 17.8. The molecule has 0 unspecified atom stereocenters. The van der Waals surface area contributed by atoms with E-state index in [-0.39, 0.29) is 0 Å². The van der Waals surface area contributed by atoms with Crippen molar-refractivity contribution in [3.63, 3.8) is 0 Å². The van der Waals surface area contributed by atoms with E-state index in [1.165, 1.54) is 52.8 Å². The van der Waals surface area contributed by atoms with Crippen molar-refractivity contribution in [1.82, 2.24) is 0 Å². The van der Waals surface area contributed by atoms with Gasteiger partial charge in [-0.25, -0.2) is 0 Å². The van der Waals surface area contributed by atoms with Gasteiger partial charge < -0.3 is 9.15 Å². The smallest absolute Gasteiger partial charge is 0.136 e. The fourth-order valence-corrected chi connectivity index (χ4v) is 6.91. The van der Waals surface area contributed by atoms with Gasteiger partial charge in [0.2, 0.25) is 0 Å². The minimum Gasteiger partial charge on any atom is -0.497 e. The maximum Gasteiger partial charge on any atom is 0.136 e. The summed E-state index contributed by atoms with van der Waals surface area (Å²) in [4.78, 5) is 0. The highest BCUT2D eigenvalue weighted by Gasteiger charge is 2.17. The molecule has 0 bridgehead atoms. The lowest BCUT2D eigenvalue weighted by Crippen LogP contribution is -1.87. The number of methoxy groups -OCH3 is 1. The molecule has 0 saturated heterocycles. The molecule has 0 aliphatic rings.